The van der Waals surface area contributed by atoms with Crippen molar-refractivity contribution in [1.82, 2.24) is 10.2 Å². The summed E-state index contributed by atoms with van der Waals surface area (Å²) < 4.78 is 29.4. The average Bonchev–Trinajstić information content (AvgIpc) is 3.13. The van der Waals surface area contributed by atoms with Crippen LogP contribution in [-0.4, -0.2) is 36.9 Å². The second-order valence-electron chi connectivity index (χ2n) is 10.6. The van der Waals surface area contributed by atoms with Crippen LogP contribution in [0.1, 0.15) is 39.2 Å². The zero-order chi connectivity index (χ0) is 25.5. The first-order valence-electron chi connectivity index (χ1n) is 12.3. The first-order chi connectivity index (χ1) is 16.6. The van der Waals surface area contributed by atoms with E-state index < -0.39 is 17.0 Å². The van der Waals surface area contributed by atoms with E-state index in [1.165, 1.54) is 24.4 Å². The standard InChI is InChI=1S/C27H34F2N4O2/c1-6-31-32-22(24-20(28)8-7-9-21(24)29)12-19-16(15(2)3)10-11-27(19,4)26(35)33-13-17-18(14-33)23(17)25(34)30-5/h6-9,12,15-19,23H,1,10-11,13-14H2,2-5H3,(H,30,34)/b22-12-,32-31-/t16-,17-,18+,19?,23+,27-/m0/s1. The van der Waals surface area contributed by atoms with Crippen LogP contribution in [0.4, 0.5) is 8.78 Å². The van der Waals surface area contributed by atoms with Crippen molar-refractivity contribution >= 4 is 17.5 Å². The van der Waals surface area contributed by atoms with Gasteiger partial charge in [0.15, 0.2) is 0 Å². The molecule has 1 aromatic carbocycles. The molecule has 4 rings (SSSR count). The number of likely N-dealkylation sites (tertiary alicyclic amines) is 1. The summed E-state index contributed by atoms with van der Waals surface area (Å²) in [6.45, 7) is 10.8. The van der Waals surface area contributed by atoms with Crippen molar-refractivity contribution in [2.45, 2.75) is 33.6 Å². The molecule has 2 aliphatic carbocycles. The highest BCUT2D eigenvalue weighted by molar-refractivity contribution is 5.86. The molecule has 1 saturated heterocycles. The lowest BCUT2D eigenvalue weighted by atomic mass is 9.72. The number of hydrogen-bond acceptors (Lipinski definition) is 4. The van der Waals surface area contributed by atoms with Crippen molar-refractivity contribution < 1.29 is 18.4 Å². The van der Waals surface area contributed by atoms with Gasteiger partial charge in [0, 0.05) is 32.3 Å². The lowest BCUT2D eigenvalue weighted by Gasteiger charge is -2.36. The number of azo groups is 1. The van der Waals surface area contributed by atoms with E-state index in [1.54, 1.807) is 13.1 Å². The fraction of sp³-hybridized carbons (Fsp3) is 0.556. The minimum absolute atomic E-state index is 0.00510. The Kier molecular flexibility index (Phi) is 6.93. The number of fused-ring (bicyclic) bond motifs is 1. The lowest BCUT2D eigenvalue weighted by molar-refractivity contribution is -0.143. The van der Waals surface area contributed by atoms with E-state index in [0.29, 0.717) is 19.5 Å². The second-order valence-corrected chi connectivity index (χ2v) is 10.6. The molecule has 188 valence electrons. The van der Waals surface area contributed by atoms with Gasteiger partial charge >= 0.3 is 0 Å². The molecule has 6 atom stereocenters. The molecule has 3 fully saturated rings. The molecule has 0 aromatic heterocycles. The zero-order valence-electron chi connectivity index (χ0n) is 20.8. The van der Waals surface area contributed by atoms with Gasteiger partial charge < -0.3 is 10.2 Å². The number of nitrogens with zero attached hydrogens (tertiary/aromatic N) is 3. The molecule has 0 bridgehead atoms. The molecule has 1 aromatic rings. The predicted molar refractivity (Wildman–Crippen MR) is 130 cm³/mol. The Hall–Kier alpha value is -2.90. The number of allylic oxidation sites excluding steroid dienone is 1. The van der Waals surface area contributed by atoms with Crippen molar-refractivity contribution in [1.29, 1.82) is 0 Å². The number of halogens is 2. The van der Waals surface area contributed by atoms with Gasteiger partial charge in [-0.2, -0.15) is 10.2 Å². The summed E-state index contributed by atoms with van der Waals surface area (Å²) in [4.78, 5) is 27.8. The Bertz CT molecular complexity index is 1050. The maximum absolute atomic E-state index is 14.7. The highest BCUT2D eigenvalue weighted by atomic mass is 19.1. The van der Waals surface area contributed by atoms with Crippen molar-refractivity contribution in [2.24, 2.45) is 51.2 Å². The first-order valence-corrected chi connectivity index (χ1v) is 12.3. The predicted octanol–water partition coefficient (Wildman–Crippen LogP) is 5.04. The van der Waals surface area contributed by atoms with Gasteiger partial charge in [0.25, 0.3) is 0 Å². The van der Waals surface area contributed by atoms with Crippen LogP contribution in [0.15, 0.2) is 47.3 Å². The number of rotatable bonds is 7. The van der Waals surface area contributed by atoms with E-state index in [-0.39, 0.29) is 58.6 Å². The number of benzene rings is 1. The van der Waals surface area contributed by atoms with Gasteiger partial charge in [-0.15, -0.1) is 0 Å². The van der Waals surface area contributed by atoms with Crippen molar-refractivity contribution in [3.05, 3.63) is 54.3 Å². The highest BCUT2D eigenvalue weighted by Crippen LogP contribution is 2.56. The van der Waals surface area contributed by atoms with Crippen LogP contribution in [-0.2, 0) is 9.59 Å². The van der Waals surface area contributed by atoms with Crippen molar-refractivity contribution in [2.75, 3.05) is 20.1 Å². The SMILES string of the molecule is C=C/N=N\C(=C/C1[C@H](C(C)C)CC[C@]1(C)C(=O)N1C[C@@H]2[C@H](C1)[C@H]2C(=O)NC)c1c(F)cccc1F. The molecule has 6 nitrogen and oxygen atoms in total. The number of nitrogens with one attached hydrogen (secondary N) is 1. The summed E-state index contributed by atoms with van der Waals surface area (Å²) in [5.74, 6) is -0.831. The van der Waals surface area contributed by atoms with Crippen molar-refractivity contribution in [3.8, 4) is 0 Å². The molecule has 0 spiro atoms. The van der Waals surface area contributed by atoms with Crippen LogP contribution in [0, 0.1) is 52.6 Å². The molecular formula is C27H34F2N4O2. The Balaban J connectivity index is 1.68. The van der Waals surface area contributed by atoms with E-state index in [4.69, 9.17) is 0 Å². The molecule has 3 aliphatic rings. The summed E-state index contributed by atoms with van der Waals surface area (Å²) in [7, 11) is 1.64. The molecular weight excluding hydrogens is 450 g/mol. The number of carbonyl (C=O) groups is 2. The quantitative estimate of drug-likeness (QED) is 0.551. The van der Waals surface area contributed by atoms with Crippen LogP contribution in [0.5, 0.6) is 0 Å². The maximum Gasteiger partial charge on any atom is 0.229 e. The first kappa shape index (κ1) is 25.2. The highest BCUT2D eigenvalue weighted by Gasteiger charge is 2.62. The topological polar surface area (TPSA) is 74.1 Å². The molecule has 8 heteroatoms. The minimum atomic E-state index is -0.745. The van der Waals surface area contributed by atoms with Gasteiger partial charge in [0.05, 0.1) is 16.7 Å². The van der Waals surface area contributed by atoms with Crippen molar-refractivity contribution in [3.63, 3.8) is 0 Å². The maximum atomic E-state index is 14.7. The van der Waals surface area contributed by atoms with Crippen LogP contribution in [0.2, 0.25) is 0 Å². The van der Waals surface area contributed by atoms with Gasteiger partial charge in [-0.05, 0) is 54.6 Å². The Morgan fingerprint density at radius 1 is 1.23 bits per heavy atom. The fourth-order valence-electron chi connectivity index (χ4n) is 6.38. The van der Waals surface area contributed by atoms with Crippen LogP contribution in [0.3, 0.4) is 0 Å². The van der Waals surface area contributed by atoms with E-state index in [0.717, 1.165) is 6.42 Å². The lowest BCUT2D eigenvalue weighted by Crippen LogP contribution is -2.45. The molecule has 1 N–H and O–H groups in total. The molecule has 2 amide bonds. The minimum Gasteiger partial charge on any atom is -0.359 e. The summed E-state index contributed by atoms with van der Waals surface area (Å²) in [5.41, 5.74) is -0.926. The van der Waals surface area contributed by atoms with Gasteiger partial charge in [0.1, 0.15) is 11.6 Å². The van der Waals surface area contributed by atoms with Gasteiger partial charge in [-0.1, -0.05) is 39.5 Å². The molecule has 1 unspecified atom stereocenters. The Morgan fingerprint density at radius 2 is 1.86 bits per heavy atom. The van der Waals surface area contributed by atoms with E-state index in [2.05, 4.69) is 36.0 Å². The Labute approximate surface area is 205 Å². The summed E-state index contributed by atoms with van der Waals surface area (Å²) in [6, 6.07) is 3.68. The normalized spacial score (nSPS) is 32.3. The van der Waals surface area contributed by atoms with E-state index >= 15 is 0 Å². The van der Waals surface area contributed by atoms with E-state index in [9.17, 15) is 18.4 Å². The third kappa shape index (κ3) is 4.43. The Morgan fingerprint density at radius 3 is 2.40 bits per heavy atom. The third-order valence-corrected chi connectivity index (χ3v) is 8.37. The zero-order valence-corrected chi connectivity index (χ0v) is 20.8. The number of carbonyl (C=O) groups excluding carboxylic acids is 2. The largest absolute Gasteiger partial charge is 0.359 e. The molecule has 2 saturated carbocycles. The molecule has 1 heterocycles. The monoisotopic (exact) mass is 484 g/mol. The molecule has 0 radical (unpaired) electrons. The van der Waals surface area contributed by atoms with Crippen LogP contribution in [0.25, 0.3) is 5.70 Å². The third-order valence-electron chi connectivity index (χ3n) is 8.37. The van der Waals surface area contributed by atoms with Gasteiger partial charge in [0.2, 0.25) is 11.8 Å². The number of hydrogen-bond donors (Lipinski definition) is 1. The number of piperidine rings is 1. The second kappa shape index (κ2) is 9.63. The van der Waals surface area contributed by atoms with Gasteiger partial charge in [-0.25, -0.2) is 8.78 Å². The molecule has 1 aliphatic heterocycles. The molecule has 35 heavy (non-hydrogen) atoms. The van der Waals surface area contributed by atoms with E-state index in [1.807, 2.05) is 11.8 Å². The summed E-state index contributed by atoms with van der Waals surface area (Å²) in [6.07, 6.45) is 4.46. The summed E-state index contributed by atoms with van der Waals surface area (Å²) in [5, 5.41) is 10.6. The van der Waals surface area contributed by atoms with Crippen LogP contribution < -0.4 is 5.32 Å². The van der Waals surface area contributed by atoms with Crippen LogP contribution >= 0.6 is 0 Å². The number of amides is 2. The van der Waals surface area contributed by atoms with Gasteiger partial charge in [-0.3, -0.25) is 9.59 Å². The fourth-order valence-corrected chi connectivity index (χ4v) is 6.38. The summed E-state index contributed by atoms with van der Waals surface area (Å²) >= 11 is 0. The smallest absolute Gasteiger partial charge is 0.229 e. The average molecular weight is 485 g/mol.